The quantitative estimate of drug-likeness (QED) is 0.313. The molecular formula is C26H22N4O4. The van der Waals surface area contributed by atoms with Gasteiger partial charge in [-0.1, -0.05) is 60.2 Å². The summed E-state index contributed by atoms with van der Waals surface area (Å²) in [5.41, 5.74) is 2.01. The highest BCUT2D eigenvalue weighted by Crippen LogP contribution is 2.23. The van der Waals surface area contributed by atoms with Crippen molar-refractivity contribution in [1.82, 2.24) is 9.78 Å². The van der Waals surface area contributed by atoms with Gasteiger partial charge in [-0.05, 0) is 37.6 Å². The van der Waals surface area contributed by atoms with E-state index in [4.69, 9.17) is 0 Å². The summed E-state index contributed by atoms with van der Waals surface area (Å²) in [6, 6.07) is 24.1. The number of aromatic nitrogens is 2. The number of amides is 1. The lowest BCUT2D eigenvalue weighted by Crippen LogP contribution is -2.36. The molecule has 1 aromatic heterocycles. The molecule has 0 atom stereocenters. The molecule has 0 N–H and O–H groups in total. The van der Waals surface area contributed by atoms with Crippen LogP contribution in [-0.4, -0.2) is 20.6 Å². The zero-order chi connectivity index (χ0) is 24.2. The van der Waals surface area contributed by atoms with Crippen LogP contribution in [0.15, 0.2) is 89.7 Å². The third-order valence-corrected chi connectivity index (χ3v) is 5.39. The predicted octanol–water partition coefficient (Wildman–Crippen LogP) is 4.60. The third-order valence-electron chi connectivity index (χ3n) is 5.39. The molecule has 0 aliphatic heterocycles. The molecular weight excluding hydrogens is 432 g/mol. The van der Waals surface area contributed by atoms with Crippen LogP contribution in [-0.2, 0) is 6.54 Å². The van der Waals surface area contributed by atoms with E-state index < -0.39 is 16.3 Å². The largest absolute Gasteiger partial charge is 0.302 e. The summed E-state index contributed by atoms with van der Waals surface area (Å²) in [6.07, 6.45) is 0. The molecule has 8 nitrogen and oxygen atoms in total. The lowest BCUT2D eigenvalue weighted by molar-refractivity contribution is -0.384. The number of hydrogen-bond donors (Lipinski definition) is 0. The number of aryl methyl sites for hydroxylation is 2. The summed E-state index contributed by atoms with van der Waals surface area (Å²) in [6.45, 7) is 3.78. The van der Waals surface area contributed by atoms with Crippen LogP contribution in [0.1, 0.15) is 27.3 Å². The number of para-hydroxylation sites is 2. The molecule has 34 heavy (non-hydrogen) atoms. The average molecular weight is 454 g/mol. The fraction of sp³-hybridized carbons (Fsp3) is 0.115. The van der Waals surface area contributed by atoms with E-state index in [1.807, 2.05) is 61.5 Å². The molecule has 0 aliphatic carbocycles. The number of rotatable bonds is 6. The van der Waals surface area contributed by atoms with Gasteiger partial charge in [0.05, 0.1) is 11.5 Å². The maximum Gasteiger partial charge on any atom is 0.294 e. The monoisotopic (exact) mass is 454 g/mol. The van der Waals surface area contributed by atoms with E-state index in [-0.39, 0.29) is 23.6 Å². The van der Waals surface area contributed by atoms with Gasteiger partial charge in [-0.15, -0.1) is 0 Å². The summed E-state index contributed by atoms with van der Waals surface area (Å²) in [7, 11) is 0. The molecule has 0 unspecified atom stereocenters. The molecule has 8 heteroatoms. The van der Waals surface area contributed by atoms with Crippen molar-refractivity contribution in [3.05, 3.63) is 128 Å². The van der Waals surface area contributed by atoms with Gasteiger partial charge in [-0.25, -0.2) is 4.68 Å². The van der Waals surface area contributed by atoms with E-state index in [1.165, 1.54) is 27.8 Å². The molecule has 4 rings (SSSR count). The van der Waals surface area contributed by atoms with Crippen molar-refractivity contribution in [2.24, 2.45) is 0 Å². The van der Waals surface area contributed by atoms with Gasteiger partial charge in [-0.3, -0.25) is 19.7 Å². The first-order valence-electron chi connectivity index (χ1n) is 10.6. The second kappa shape index (κ2) is 9.50. The van der Waals surface area contributed by atoms with Crippen molar-refractivity contribution in [2.45, 2.75) is 20.4 Å². The molecule has 0 bridgehead atoms. The zero-order valence-electron chi connectivity index (χ0n) is 18.7. The minimum atomic E-state index is -0.593. The number of hydrogen-bond acceptors (Lipinski definition) is 5. The minimum absolute atomic E-state index is 0.170. The SMILES string of the molecule is Cc1ccc(N(Cc2ccccc2)C(=O)c2nn(-c3ccccc3[N+](=O)[O-])c(C)cc2=O)cc1. The summed E-state index contributed by atoms with van der Waals surface area (Å²) in [4.78, 5) is 39.1. The zero-order valence-corrected chi connectivity index (χ0v) is 18.7. The van der Waals surface area contributed by atoms with E-state index >= 15 is 0 Å². The van der Waals surface area contributed by atoms with Crippen molar-refractivity contribution in [3.63, 3.8) is 0 Å². The first-order valence-corrected chi connectivity index (χ1v) is 10.6. The van der Waals surface area contributed by atoms with E-state index in [9.17, 15) is 19.7 Å². The summed E-state index contributed by atoms with van der Waals surface area (Å²) >= 11 is 0. The maximum atomic E-state index is 13.7. The van der Waals surface area contributed by atoms with Gasteiger partial charge in [0.2, 0.25) is 5.43 Å². The van der Waals surface area contributed by atoms with Crippen molar-refractivity contribution in [1.29, 1.82) is 0 Å². The standard InChI is InChI=1S/C26H22N4O4/c1-18-12-14-21(15-13-18)28(17-20-8-4-3-5-9-20)26(32)25-24(31)16-19(2)29(27-25)22-10-6-7-11-23(22)30(33)34/h3-16H,17H2,1-2H3. The number of carbonyl (C=O) groups excluding carboxylic acids is 1. The number of anilines is 1. The van der Waals surface area contributed by atoms with Gasteiger partial charge in [0.15, 0.2) is 5.69 Å². The van der Waals surface area contributed by atoms with Crippen molar-refractivity contribution < 1.29 is 9.72 Å². The number of benzene rings is 3. The molecule has 0 radical (unpaired) electrons. The van der Waals surface area contributed by atoms with Crippen molar-refractivity contribution >= 4 is 17.3 Å². The van der Waals surface area contributed by atoms with E-state index in [2.05, 4.69) is 5.10 Å². The average Bonchev–Trinajstić information content (AvgIpc) is 2.83. The minimum Gasteiger partial charge on any atom is -0.302 e. The molecule has 0 saturated heterocycles. The van der Waals surface area contributed by atoms with Crippen molar-refractivity contribution in [3.8, 4) is 5.69 Å². The second-order valence-electron chi connectivity index (χ2n) is 7.87. The normalized spacial score (nSPS) is 10.6. The Morgan fingerprint density at radius 2 is 1.62 bits per heavy atom. The Labute approximate surface area is 195 Å². The number of nitro benzene ring substituents is 1. The van der Waals surface area contributed by atoms with Gasteiger partial charge in [-0.2, -0.15) is 5.10 Å². The smallest absolute Gasteiger partial charge is 0.294 e. The molecule has 3 aromatic carbocycles. The van der Waals surface area contributed by atoms with E-state index in [0.29, 0.717) is 11.4 Å². The summed E-state index contributed by atoms with van der Waals surface area (Å²) in [5.74, 6) is -0.593. The van der Waals surface area contributed by atoms with Crippen LogP contribution >= 0.6 is 0 Å². The van der Waals surface area contributed by atoms with Gasteiger partial charge >= 0.3 is 0 Å². The summed E-state index contributed by atoms with van der Waals surface area (Å²) in [5, 5.41) is 15.8. The number of carbonyl (C=O) groups is 1. The maximum absolute atomic E-state index is 13.7. The molecule has 4 aromatic rings. The fourth-order valence-corrected chi connectivity index (χ4v) is 3.64. The van der Waals surface area contributed by atoms with Crippen LogP contribution in [0, 0.1) is 24.0 Å². The summed E-state index contributed by atoms with van der Waals surface area (Å²) < 4.78 is 1.27. The Morgan fingerprint density at radius 1 is 0.971 bits per heavy atom. The van der Waals surface area contributed by atoms with Crippen molar-refractivity contribution in [2.75, 3.05) is 4.90 Å². The number of nitro groups is 1. The van der Waals surface area contributed by atoms with Gasteiger partial charge in [0, 0.05) is 23.5 Å². The fourth-order valence-electron chi connectivity index (χ4n) is 3.64. The van der Waals surface area contributed by atoms with E-state index in [1.54, 1.807) is 19.1 Å². The van der Waals surface area contributed by atoms with Crippen LogP contribution in [0.25, 0.3) is 5.69 Å². The molecule has 1 heterocycles. The Balaban J connectivity index is 1.83. The lowest BCUT2D eigenvalue weighted by atomic mass is 10.1. The highest BCUT2D eigenvalue weighted by molar-refractivity contribution is 6.04. The third kappa shape index (κ3) is 4.61. The highest BCUT2D eigenvalue weighted by atomic mass is 16.6. The molecule has 0 spiro atoms. The first-order chi connectivity index (χ1) is 16.3. The Morgan fingerprint density at radius 3 is 2.29 bits per heavy atom. The molecule has 0 aliphatic rings. The lowest BCUT2D eigenvalue weighted by Gasteiger charge is -2.23. The predicted molar refractivity (Wildman–Crippen MR) is 129 cm³/mol. The van der Waals surface area contributed by atoms with Gasteiger partial charge < -0.3 is 4.90 Å². The topological polar surface area (TPSA) is 98.3 Å². The van der Waals surface area contributed by atoms with Gasteiger partial charge in [0.25, 0.3) is 11.6 Å². The van der Waals surface area contributed by atoms with Gasteiger partial charge in [0.1, 0.15) is 5.69 Å². The Kier molecular flexibility index (Phi) is 6.31. The first kappa shape index (κ1) is 22.6. The van der Waals surface area contributed by atoms with Crippen LogP contribution in [0.4, 0.5) is 11.4 Å². The highest BCUT2D eigenvalue weighted by Gasteiger charge is 2.25. The second-order valence-corrected chi connectivity index (χ2v) is 7.87. The number of nitrogens with zero attached hydrogens (tertiary/aromatic N) is 4. The Hall–Kier alpha value is -4.59. The molecule has 0 fully saturated rings. The molecule has 0 saturated carbocycles. The van der Waals surface area contributed by atoms with E-state index in [0.717, 1.165) is 11.1 Å². The molecule has 170 valence electrons. The Bertz CT molecular complexity index is 1410. The molecule has 1 amide bonds. The van der Waals surface area contributed by atoms with Crippen LogP contribution in [0.3, 0.4) is 0 Å². The van der Waals surface area contributed by atoms with Crippen LogP contribution in [0.2, 0.25) is 0 Å². The van der Waals surface area contributed by atoms with Crippen LogP contribution < -0.4 is 10.3 Å². The van der Waals surface area contributed by atoms with Crippen LogP contribution in [0.5, 0.6) is 0 Å².